The van der Waals surface area contributed by atoms with Gasteiger partial charge in [0, 0.05) is 24.1 Å². The van der Waals surface area contributed by atoms with E-state index in [1.165, 1.54) is 6.07 Å². The van der Waals surface area contributed by atoms with Crippen molar-refractivity contribution in [3.05, 3.63) is 90.0 Å². The molecule has 0 aromatic heterocycles. The quantitative estimate of drug-likeness (QED) is 0.373. The lowest BCUT2D eigenvalue weighted by molar-refractivity contribution is -0.149. The first-order valence-corrected chi connectivity index (χ1v) is 10.7. The van der Waals surface area contributed by atoms with E-state index in [-0.39, 0.29) is 25.2 Å². The lowest BCUT2D eigenvalue weighted by atomic mass is 9.94. The minimum Gasteiger partial charge on any atom is -0.466 e. The van der Waals surface area contributed by atoms with Crippen molar-refractivity contribution in [3.63, 3.8) is 0 Å². The number of anilines is 1. The van der Waals surface area contributed by atoms with Crippen molar-refractivity contribution in [1.29, 1.82) is 5.26 Å². The molecule has 33 heavy (non-hydrogen) atoms. The Hall–Kier alpha value is -4.24. The van der Waals surface area contributed by atoms with Crippen LogP contribution in [-0.2, 0) is 14.3 Å². The standard InChI is InChI=1S/C27H24N2O4/c1-2-33-27(32)23(17-26(31)29-24-10-6-7-19(15-24)18-28)16-25(30)22-13-11-21(12-14-22)20-8-4-3-5-9-20/h3-15,23H,2,16-17H2,1H3,(H,29,31). The van der Waals surface area contributed by atoms with E-state index in [0.717, 1.165) is 11.1 Å². The molecule has 0 saturated heterocycles. The van der Waals surface area contributed by atoms with E-state index >= 15 is 0 Å². The van der Waals surface area contributed by atoms with Gasteiger partial charge in [0.2, 0.25) is 5.91 Å². The van der Waals surface area contributed by atoms with Crippen LogP contribution in [0.1, 0.15) is 35.7 Å². The van der Waals surface area contributed by atoms with Gasteiger partial charge in [-0.3, -0.25) is 14.4 Å². The molecular formula is C27H24N2O4. The number of esters is 1. The summed E-state index contributed by atoms with van der Waals surface area (Å²) < 4.78 is 5.09. The zero-order chi connectivity index (χ0) is 23.6. The zero-order valence-electron chi connectivity index (χ0n) is 18.3. The molecule has 1 N–H and O–H groups in total. The van der Waals surface area contributed by atoms with Gasteiger partial charge < -0.3 is 10.1 Å². The SMILES string of the molecule is CCOC(=O)C(CC(=O)Nc1cccc(C#N)c1)CC(=O)c1ccc(-c2ccccc2)cc1. The fourth-order valence-electron chi connectivity index (χ4n) is 3.42. The Labute approximate surface area is 192 Å². The van der Waals surface area contributed by atoms with Crippen molar-refractivity contribution in [2.75, 3.05) is 11.9 Å². The number of rotatable bonds is 9. The third kappa shape index (κ3) is 6.62. The van der Waals surface area contributed by atoms with Crippen LogP contribution in [0.4, 0.5) is 5.69 Å². The van der Waals surface area contributed by atoms with Gasteiger partial charge in [0.15, 0.2) is 5.78 Å². The molecule has 0 fully saturated rings. The smallest absolute Gasteiger partial charge is 0.309 e. The lowest BCUT2D eigenvalue weighted by Crippen LogP contribution is -2.26. The second-order valence-electron chi connectivity index (χ2n) is 7.46. The van der Waals surface area contributed by atoms with Crippen LogP contribution in [0.3, 0.4) is 0 Å². The van der Waals surface area contributed by atoms with Crippen molar-refractivity contribution in [2.45, 2.75) is 19.8 Å². The van der Waals surface area contributed by atoms with Gasteiger partial charge in [0.1, 0.15) is 0 Å². The number of hydrogen-bond donors (Lipinski definition) is 1. The Balaban J connectivity index is 1.69. The molecule has 0 aliphatic rings. The van der Waals surface area contributed by atoms with E-state index in [4.69, 9.17) is 10.00 Å². The highest BCUT2D eigenvalue weighted by Gasteiger charge is 2.26. The van der Waals surface area contributed by atoms with Gasteiger partial charge in [-0.15, -0.1) is 0 Å². The average Bonchev–Trinajstić information content (AvgIpc) is 2.84. The summed E-state index contributed by atoms with van der Waals surface area (Å²) in [6.07, 6.45) is -0.349. The average molecular weight is 440 g/mol. The molecule has 0 spiro atoms. The Bertz CT molecular complexity index is 1160. The molecule has 6 heteroatoms. The second kappa shape index (κ2) is 11.4. The molecule has 0 bridgehead atoms. The first kappa shape index (κ1) is 23.4. The maximum atomic E-state index is 12.9. The Morgan fingerprint density at radius 3 is 2.27 bits per heavy atom. The number of hydrogen-bond acceptors (Lipinski definition) is 5. The molecule has 166 valence electrons. The third-order valence-corrected chi connectivity index (χ3v) is 5.07. The zero-order valence-corrected chi connectivity index (χ0v) is 18.3. The number of benzene rings is 3. The number of Topliss-reactive ketones (excluding diaryl/α,β-unsaturated/α-hetero) is 1. The number of carbonyl (C=O) groups is 3. The molecule has 6 nitrogen and oxygen atoms in total. The van der Waals surface area contributed by atoms with Crippen LogP contribution in [0.25, 0.3) is 11.1 Å². The summed E-state index contributed by atoms with van der Waals surface area (Å²) in [5.41, 5.74) is 3.34. The van der Waals surface area contributed by atoms with Gasteiger partial charge in [-0.1, -0.05) is 60.7 Å². The Morgan fingerprint density at radius 2 is 1.61 bits per heavy atom. The van der Waals surface area contributed by atoms with Gasteiger partial charge >= 0.3 is 5.97 Å². The predicted octanol–water partition coefficient (Wildman–Crippen LogP) is 5.01. The van der Waals surface area contributed by atoms with Gasteiger partial charge in [0.25, 0.3) is 0 Å². The molecule has 3 aromatic rings. The summed E-state index contributed by atoms with van der Waals surface area (Å²) >= 11 is 0. The minimum atomic E-state index is -0.912. The number of amides is 1. The molecule has 0 aliphatic heterocycles. The number of nitrogens with one attached hydrogen (secondary N) is 1. The summed E-state index contributed by atoms with van der Waals surface area (Å²) in [5.74, 6) is -2.18. The maximum absolute atomic E-state index is 12.9. The summed E-state index contributed by atoms with van der Waals surface area (Å²) in [6, 6.07) is 25.4. The van der Waals surface area contributed by atoms with Gasteiger partial charge in [-0.25, -0.2) is 0 Å². The largest absolute Gasteiger partial charge is 0.466 e. The molecule has 3 aromatic carbocycles. The number of ketones is 1. The highest BCUT2D eigenvalue weighted by molar-refractivity contribution is 6.00. The normalized spacial score (nSPS) is 11.2. The van der Waals surface area contributed by atoms with Gasteiger partial charge in [0.05, 0.1) is 24.2 Å². The summed E-state index contributed by atoms with van der Waals surface area (Å²) in [4.78, 5) is 37.8. The molecule has 0 aliphatic carbocycles. The molecule has 1 unspecified atom stereocenters. The predicted molar refractivity (Wildman–Crippen MR) is 125 cm³/mol. The van der Waals surface area contributed by atoms with Crippen LogP contribution < -0.4 is 5.32 Å². The molecule has 3 rings (SSSR count). The molecular weight excluding hydrogens is 416 g/mol. The fraction of sp³-hybridized carbons (Fsp3) is 0.185. The van der Waals surface area contributed by atoms with Crippen LogP contribution in [-0.4, -0.2) is 24.3 Å². The van der Waals surface area contributed by atoms with E-state index in [0.29, 0.717) is 16.8 Å². The summed E-state index contributed by atoms with van der Waals surface area (Å²) in [6.45, 7) is 1.83. The minimum absolute atomic E-state index is 0.144. The first-order chi connectivity index (χ1) is 16.0. The molecule has 0 heterocycles. The van der Waals surface area contributed by atoms with Gasteiger partial charge in [-0.05, 0) is 36.2 Å². The van der Waals surface area contributed by atoms with Crippen molar-refractivity contribution in [1.82, 2.24) is 0 Å². The Morgan fingerprint density at radius 1 is 0.909 bits per heavy atom. The summed E-state index contributed by atoms with van der Waals surface area (Å²) in [5, 5.41) is 11.7. The van der Waals surface area contributed by atoms with Crippen LogP contribution in [0.2, 0.25) is 0 Å². The number of ether oxygens (including phenoxy) is 1. The van der Waals surface area contributed by atoms with E-state index in [9.17, 15) is 14.4 Å². The van der Waals surface area contributed by atoms with Gasteiger partial charge in [-0.2, -0.15) is 5.26 Å². The van der Waals surface area contributed by atoms with Crippen molar-refractivity contribution in [3.8, 4) is 17.2 Å². The number of carbonyl (C=O) groups excluding carboxylic acids is 3. The lowest BCUT2D eigenvalue weighted by Gasteiger charge is -2.15. The highest BCUT2D eigenvalue weighted by atomic mass is 16.5. The first-order valence-electron chi connectivity index (χ1n) is 10.7. The fourth-order valence-corrected chi connectivity index (χ4v) is 3.42. The third-order valence-electron chi connectivity index (χ3n) is 5.07. The van der Waals surface area contributed by atoms with Crippen molar-refractivity contribution < 1.29 is 19.1 Å². The van der Waals surface area contributed by atoms with E-state index in [2.05, 4.69) is 5.32 Å². The molecule has 0 radical (unpaired) electrons. The topological polar surface area (TPSA) is 96.3 Å². The molecule has 0 saturated carbocycles. The number of nitriles is 1. The molecule has 1 atom stereocenters. The van der Waals surface area contributed by atoms with E-state index in [1.807, 2.05) is 48.5 Å². The monoisotopic (exact) mass is 440 g/mol. The highest BCUT2D eigenvalue weighted by Crippen LogP contribution is 2.22. The molecule has 1 amide bonds. The number of nitrogens with zero attached hydrogens (tertiary/aromatic N) is 1. The van der Waals surface area contributed by atoms with Crippen LogP contribution >= 0.6 is 0 Å². The van der Waals surface area contributed by atoms with Crippen LogP contribution in [0, 0.1) is 17.2 Å². The van der Waals surface area contributed by atoms with Crippen molar-refractivity contribution in [2.24, 2.45) is 5.92 Å². The van der Waals surface area contributed by atoms with Crippen LogP contribution in [0.15, 0.2) is 78.9 Å². The maximum Gasteiger partial charge on any atom is 0.309 e. The van der Waals surface area contributed by atoms with Crippen LogP contribution in [0.5, 0.6) is 0 Å². The second-order valence-corrected chi connectivity index (χ2v) is 7.46. The summed E-state index contributed by atoms with van der Waals surface area (Å²) in [7, 11) is 0. The van der Waals surface area contributed by atoms with E-state index in [1.54, 1.807) is 37.3 Å². The Kier molecular flexibility index (Phi) is 8.09. The van der Waals surface area contributed by atoms with E-state index < -0.39 is 17.8 Å². The van der Waals surface area contributed by atoms with Crippen molar-refractivity contribution >= 4 is 23.3 Å².